The Morgan fingerprint density at radius 1 is 0.739 bits per heavy atom. The minimum absolute atomic E-state index is 0.0733. The van der Waals surface area contributed by atoms with Gasteiger partial charge in [0.15, 0.2) is 0 Å². The largest absolute Gasteiger partial charge is 0.356 e. The molecule has 2 fully saturated rings. The maximum Gasteiger partial charge on any atom is 0.216 e. The molecule has 0 aromatic heterocycles. The highest BCUT2D eigenvalue weighted by Crippen LogP contribution is 2.06. The summed E-state index contributed by atoms with van der Waals surface area (Å²) in [6, 6.07) is 0. The Balaban J connectivity index is 0.000000231. The summed E-state index contributed by atoms with van der Waals surface area (Å²) in [5.74, 6) is 0.153. The summed E-state index contributed by atoms with van der Waals surface area (Å²) in [4.78, 5) is 25.8. The van der Waals surface area contributed by atoms with Gasteiger partial charge >= 0.3 is 0 Å². The molecule has 6 nitrogen and oxygen atoms in total. The molecule has 2 amide bonds. The number of likely N-dealkylation sites (tertiary alicyclic amines) is 2. The van der Waals surface area contributed by atoms with Gasteiger partial charge in [0.25, 0.3) is 0 Å². The third-order valence-corrected chi connectivity index (χ3v) is 4.22. The van der Waals surface area contributed by atoms with Crippen LogP contribution >= 0.6 is 0 Å². The highest BCUT2D eigenvalue weighted by atomic mass is 16.2. The van der Waals surface area contributed by atoms with Gasteiger partial charge in [-0.1, -0.05) is 0 Å². The van der Waals surface area contributed by atoms with E-state index < -0.39 is 0 Å². The summed E-state index contributed by atoms with van der Waals surface area (Å²) in [6.07, 6.45) is 6.42. The van der Waals surface area contributed by atoms with Crippen molar-refractivity contribution in [3.05, 3.63) is 0 Å². The Hall–Kier alpha value is -1.14. The Kier molecular flexibility index (Phi) is 10.6. The van der Waals surface area contributed by atoms with Gasteiger partial charge in [-0.05, 0) is 64.8 Å². The molecular weight excluding hydrogens is 292 g/mol. The van der Waals surface area contributed by atoms with E-state index in [-0.39, 0.29) is 11.8 Å². The number of rotatable bonds is 7. The van der Waals surface area contributed by atoms with Crippen molar-refractivity contribution in [1.82, 2.24) is 20.4 Å². The van der Waals surface area contributed by atoms with E-state index in [1.54, 1.807) is 13.8 Å². The van der Waals surface area contributed by atoms with Gasteiger partial charge in [-0.2, -0.15) is 0 Å². The molecule has 0 aliphatic carbocycles. The molecule has 134 valence electrons. The normalized spacial score (nSPS) is 18.3. The Morgan fingerprint density at radius 2 is 1.17 bits per heavy atom. The van der Waals surface area contributed by atoms with E-state index in [0.717, 1.165) is 32.6 Å². The number of carbonyl (C=O) groups is 2. The van der Waals surface area contributed by atoms with E-state index in [9.17, 15) is 9.59 Å². The first-order valence-electron chi connectivity index (χ1n) is 9.01. The predicted molar refractivity (Wildman–Crippen MR) is 93.3 cm³/mol. The van der Waals surface area contributed by atoms with Gasteiger partial charge in [0.2, 0.25) is 11.8 Å². The minimum Gasteiger partial charge on any atom is -0.356 e. The predicted octanol–water partition coefficient (Wildman–Crippen LogP) is 0.827. The highest BCUT2D eigenvalue weighted by molar-refractivity contribution is 5.73. The monoisotopic (exact) mass is 326 g/mol. The zero-order valence-corrected chi connectivity index (χ0v) is 14.9. The third kappa shape index (κ3) is 11.1. The molecule has 0 atom stereocenters. The molecule has 2 aliphatic heterocycles. The van der Waals surface area contributed by atoms with Gasteiger partial charge in [0, 0.05) is 33.5 Å². The van der Waals surface area contributed by atoms with Crippen LogP contribution in [0.2, 0.25) is 0 Å². The Bertz CT molecular complexity index is 337. The number of hydrogen-bond acceptors (Lipinski definition) is 4. The summed E-state index contributed by atoms with van der Waals surface area (Å²) in [7, 11) is 0. The molecule has 0 radical (unpaired) electrons. The topological polar surface area (TPSA) is 64.7 Å². The zero-order chi connectivity index (χ0) is 16.9. The molecule has 0 spiro atoms. The molecule has 2 rings (SSSR count). The Morgan fingerprint density at radius 3 is 1.65 bits per heavy atom. The standard InChI is InChI=1S/C9H18N2O.C8H16N2O/c1-9(12)10-5-4-8-11-6-2-3-7-11;1-8(11)9-4-7-10-5-2-3-6-10/h2-8H2,1H3,(H,10,12);2-7H2,1H3,(H,9,11). The van der Waals surface area contributed by atoms with Gasteiger partial charge < -0.3 is 20.4 Å². The van der Waals surface area contributed by atoms with Crippen molar-refractivity contribution in [2.75, 3.05) is 52.4 Å². The number of nitrogens with zero attached hydrogens (tertiary/aromatic N) is 2. The minimum atomic E-state index is 0.0733. The Labute approximate surface area is 141 Å². The van der Waals surface area contributed by atoms with Crippen molar-refractivity contribution in [3.8, 4) is 0 Å². The van der Waals surface area contributed by atoms with Crippen molar-refractivity contribution in [1.29, 1.82) is 0 Å². The van der Waals surface area contributed by atoms with Crippen LogP contribution in [0.4, 0.5) is 0 Å². The van der Waals surface area contributed by atoms with Crippen LogP contribution in [0.15, 0.2) is 0 Å². The van der Waals surface area contributed by atoms with Crippen molar-refractivity contribution in [2.24, 2.45) is 0 Å². The smallest absolute Gasteiger partial charge is 0.216 e. The lowest BCUT2D eigenvalue weighted by Gasteiger charge is -2.13. The lowest BCUT2D eigenvalue weighted by Crippen LogP contribution is -2.32. The van der Waals surface area contributed by atoms with Crippen molar-refractivity contribution in [3.63, 3.8) is 0 Å². The van der Waals surface area contributed by atoms with Gasteiger partial charge in [0.05, 0.1) is 0 Å². The van der Waals surface area contributed by atoms with E-state index in [0.29, 0.717) is 0 Å². The average molecular weight is 326 g/mol. The van der Waals surface area contributed by atoms with E-state index in [2.05, 4.69) is 20.4 Å². The first-order valence-corrected chi connectivity index (χ1v) is 9.01. The second-order valence-corrected chi connectivity index (χ2v) is 6.42. The average Bonchev–Trinajstić information content (AvgIpc) is 3.17. The van der Waals surface area contributed by atoms with Gasteiger partial charge in [-0.15, -0.1) is 0 Å². The zero-order valence-electron chi connectivity index (χ0n) is 14.9. The molecule has 0 unspecified atom stereocenters. The van der Waals surface area contributed by atoms with E-state index in [1.165, 1.54) is 51.9 Å². The van der Waals surface area contributed by atoms with E-state index in [1.807, 2.05) is 0 Å². The number of hydrogen-bond donors (Lipinski definition) is 2. The lowest BCUT2D eigenvalue weighted by molar-refractivity contribution is -0.119. The fraction of sp³-hybridized carbons (Fsp3) is 0.882. The second kappa shape index (κ2) is 12.3. The quantitative estimate of drug-likeness (QED) is 0.680. The van der Waals surface area contributed by atoms with Crippen LogP contribution in [0.25, 0.3) is 0 Å². The highest BCUT2D eigenvalue weighted by Gasteiger charge is 2.10. The van der Waals surface area contributed by atoms with Gasteiger partial charge in [-0.25, -0.2) is 0 Å². The fourth-order valence-corrected chi connectivity index (χ4v) is 2.97. The van der Waals surface area contributed by atoms with Gasteiger partial charge in [0.1, 0.15) is 0 Å². The molecule has 2 aliphatic rings. The van der Waals surface area contributed by atoms with Gasteiger partial charge in [-0.3, -0.25) is 9.59 Å². The van der Waals surface area contributed by atoms with Crippen LogP contribution in [-0.2, 0) is 9.59 Å². The van der Waals surface area contributed by atoms with Crippen molar-refractivity contribution < 1.29 is 9.59 Å². The van der Waals surface area contributed by atoms with Crippen molar-refractivity contribution in [2.45, 2.75) is 46.0 Å². The summed E-state index contributed by atoms with van der Waals surface area (Å²) in [5, 5.41) is 5.60. The maximum absolute atomic E-state index is 10.5. The SMILES string of the molecule is CC(=O)NCCCN1CCCC1.CC(=O)NCCN1CCCC1. The molecule has 2 heterocycles. The second-order valence-electron chi connectivity index (χ2n) is 6.42. The summed E-state index contributed by atoms with van der Waals surface area (Å²) in [5.41, 5.74) is 0. The molecule has 0 aromatic carbocycles. The molecule has 6 heteroatoms. The molecule has 23 heavy (non-hydrogen) atoms. The summed E-state index contributed by atoms with van der Waals surface area (Å²) in [6.45, 7) is 11.8. The fourth-order valence-electron chi connectivity index (χ4n) is 2.97. The van der Waals surface area contributed by atoms with Crippen LogP contribution in [0, 0.1) is 0 Å². The molecule has 0 aromatic rings. The first-order chi connectivity index (χ1) is 11.1. The molecule has 0 bridgehead atoms. The number of nitrogens with one attached hydrogen (secondary N) is 2. The van der Waals surface area contributed by atoms with E-state index in [4.69, 9.17) is 0 Å². The van der Waals surface area contributed by atoms with Crippen LogP contribution in [0.5, 0.6) is 0 Å². The lowest BCUT2D eigenvalue weighted by atomic mass is 10.4. The van der Waals surface area contributed by atoms with Crippen LogP contribution in [-0.4, -0.2) is 74.0 Å². The summed E-state index contributed by atoms with van der Waals surface area (Å²) < 4.78 is 0. The molecular formula is C17H34N4O2. The van der Waals surface area contributed by atoms with E-state index >= 15 is 0 Å². The number of carbonyl (C=O) groups excluding carboxylic acids is 2. The van der Waals surface area contributed by atoms with Crippen LogP contribution < -0.4 is 10.6 Å². The molecule has 0 saturated carbocycles. The first kappa shape index (κ1) is 19.9. The number of amides is 2. The molecule has 2 N–H and O–H groups in total. The van der Waals surface area contributed by atoms with Crippen LogP contribution in [0.1, 0.15) is 46.0 Å². The van der Waals surface area contributed by atoms with Crippen LogP contribution in [0.3, 0.4) is 0 Å². The van der Waals surface area contributed by atoms with Crippen molar-refractivity contribution >= 4 is 11.8 Å². The summed E-state index contributed by atoms with van der Waals surface area (Å²) >= 11 is 0. The third-order valence-electron chi connectivity index (χ3n) is 4.22. The molecule has 2 saturated heterocycles. The maximum atomic E-state index is 10.5.